The van der Waals surface area contributed by atoms with Gasteiger partial charge in [-0.25, -0.2) is 9.48 Å². The second-order valence-corrected chi connectivity index (χ2v) is 7.52. The number of carbonyl (C=O) groups is 3. The molecule has 1 aromatic heterocycles. The van der Waals surface area contributed by atoms with E-state index in [1.54, 1.807) is 37.3 Å². The van der Waals surface area contributed by atoms with Crippen LogP contribution in [0, 0.1) is 6.92 Å². The molecule has 0 aliphatic rings. The number of halogens is 2. The normalized spacial score (nSPS) is 10.6. The summed E-state index contributed by atoms with van der Waals surface area (Å²) in [4.78, 5) is 35.9. The highest BCUT2D eigenvalue weighted by molar-refractivity contribution is 6.33. The van der Waals surface area contributed by atoms with Crippen LogP contribution in [0.5, 0.6) is 0 Å². The molecule has 1 N–H and O–H groups in total. The molecule has 160 valence electrons. The highest BCUT2D eigenvalue weighted by atomic mass is 35.5. The summed E-state index contributed by atoms with van der Waals surface area (Å²) in [5, 5.41) is 7.57. The van der Waals surface area contributed by atoms with E-state index in [9.17, 15) is 14.4 Å². The van der Waals surface area contributed by atoms with E-state index in [1.165, 1.54) is 11.6 Å². The fourth-order valence-electron chi connectivity index (χ4n) is 2.91. The number of rotatable bonds is 7. The molecule has 1 amide bonds. The van der Waals surface area contributed by atoms with Crippen molar-refractivity contribution >= 4 is 46.5 Å². The minimum absolute atomic E-state index is 0.0996. The maximum Gasteiger partial charge on any atom is 0.343 e. The summed E-state index contributed by atoms with van der Waals surface area (Å²) >= 11 is 12.5. The van der Waals surface area contributed by atoms with Gasteiger partial charge in [0.25, 0.3) is 0 Å². The molecule has 0 atom stereocenters. The van der Waals surface area contributed by atoms with Crippen LogP contribution in [0.4, 0.5) is 5.69 Å². The molecule has 3 aromatic rings. The van der Waals surface area contributed by atoms with Crippen LogP contribution in [0.25, 0.3) is 0 Å². The zero-order valence-electron chi connectivity index (χ0n) is 16.8. The third-order valence-corrected chi connectivity index (χ3v) is 5.16. The zero-order valence-corrected chi connectivity index (χ0v) is 18.3. The molecule has 7 nitrogen and oxygen atoms in total. The average molecular weight is 460 g/mol. The number of amides is 1. The lowest BCUT2D eigenvalue weighted by molar-refractivity contribution is -0.114. The topological polar surface area (TPSA) is 90.3 Å². The number of anilines is 1. The van der Waals surface area contributed by atoms with Crippen LogP contribution in [-0.4, -0.2) is 34.0 Å². The fraction of sp³-hybridized carbons (Fsp3) is 0.182. The van der Waals surface area contributed by atoms with Gasteiger partial charge in [0.05, 0.1) is 12.2 Å². The molecular formula is C22H19Cl2N3O4. The number of nitrogens with one attached hydrogen (secondary N) is 1. The molecule has 0 saturated carbocycles. The highest BCUT2D eigenvalue weighted by Crippen LogP contribution is 2.24. The monoisotopic (exact) mass is 459 g/mol. The van der Waals surface area contributed by atoms with Gasteiger partial charge in [-0.05, 0) is 42.8 Å². The molecular weight excluding hydrogens is 441 g/mol. The van der Waals surface area contributed by atoms with Gasteiger partial charge in [-0.2, -0.15) is 5.10 Å². The quantitative estimate of drug-likeness (QED) is 0.413. The standard InChI is InChI=1S/C22H19Cl2N3O4/c1-13-20(21(24)27(26-13)11-16-5-3-4-6-18(16)23)22(30)31-12-19(29)15-7-9-17(10-8-15)25-14(2)28/h3-10H,11-12H2,1-2H3,(H,25,28). The number of aryl methyl sites for hydroxylation is 1. The van der Waals surface area contributed by atoms with Crippen molar-refractivity contribution in [1.82, 2.24) is 9.78 Å². The highest BCUT2D eigenvalue weighted by Gasteiger charge is 2.23. The van der Waals surface area contributed by atoms with Crippen LogP contribution in [0.1, 0.15) is 38.9 Å². The number of hydrogen-bond acceptors (Lipinski definition) is 5. The van der Waals surface area contributed by atoms with Crippen molar-refractivity contribution in [1.29, 1.82) is 0 Å². The maximum absolute atomic E-state index is 12.5. The van der Waals surface area contributed by atoms with Crippen molar-refractivity contribution in [3.05, 3.63) is 81.1 Å². The lowest BCUT2D eigenvalue weighted by atomic mass is 10.1. The Bertz CT molecular complexity index is 1140. The first-order chi connectivity index (χ1) is 14.8. The summed E-state index contributed by atoms with van der Waals surface area (Å²) in [7, 11) is 0. The summed E-state index contributed by atoms with van der Waals surface area (Å²) < 4.78 is 6.62. The van der Waals surface area contributed by atoms with E-state index < -0.39 is 12.6 Å². The third kappa shape index (κ3) is 5.51. The maximum atomic E-state index is 12.5. The number of Topliss-reactive ketones (excluding diaryl/α,β-unsaturated/α-hetero) is 1. The molecule has 31 heavy (non-hydrogen) atoms. The largest absolute Gasteiger partial charge is 0.454 e. The molecule has 0 radical (unpaired) electrons. The van der Waals surface area contributed by atoms with Crippen LogP contribution in [-0.2, 0) is 16.1 Å². The molecule has 0 unspecified atom stereocenters. The first kappa shape index (κ1) is 22.5. The average Bonchev–Trinajstić information content (AvgIpc) is 3.01. The minimum Gasteiger partial charge on any atom is -0.454 e. The van der Waals surface area contributed by atoms with E-state index in [0.29, 0.717) is 22.0 Å². The molecule has 3 rings (SSSR count). The zero-order chi connectivity index (χ0) is 22.5. The number of hydrogen-bond donors (Lipinski definition) is 1. The van der Waals surface area contributed by atoms with Crippen molar-refractivity contribution in [3.8, 4) is 0 Å². The van der Waals surface area contributed by atoms with E-state index in [0.717, 1.165) is 5.56 Å². The second kappa shape index (κ2) is 9.76. The Morgan fingerprint density at radius 3 is 2.39 bits per heavy atom. The van der Waals surface area contributed by atoms with Gasteiger partial charge in [0.15, 0.2) is 12.4 Å². The Hall–Kier alpha value is -3.16. The van der Waals surface area contributed by atoms with E-state index in [4.69, 9.17) is 27.9 Å². The Balaban J connectivity index is 1.66. The smallest absolute Gasteiger partial charge is 0.343 e. The van der Waals surface area contributed by atoms with Crippen LogP contribution in [0.2, 0.25) is 10.2 Å². The summed E-state index contributed by atoms with van der Waals surface area (Å²) in [6, 6.07) is 13.5. The lowest BCUT2D eigenvalue weighted by Crippen LogP contribution is -2.15. The molecule has 9 heteroatoms. The van der Waals surface area contributed by atoms with Crippen LogP contribution >= 0.6 is 23.2 Å². The number of ketones is 1. The van der Waals surface area contributed by atoms with Crippen molar-refractivity contribution < 1.29 is 19.1 Å². The second-order valence-electron chi connectivity index (χ2n) is 6.76. The molecule has 0 fully saturated rings. The Morgan fingerprint density at radius 1 is 1.06 bits per heavy atom. The van der Waals surface area contributed by atoms with E-state index >= 15 is 0 Å². The van der Waals surface area contributed by atoms with Crippen LogP contribution < -0.4 is 5.32 Å². The Morgan fingerprint density at radius 2 is 1.74 bits per heavy atom. The predicted octanol–water partition coefficient (Wildman–Crippen LogP) is 4.54. The number of nitrogens with zero attached hydrogens (tertiary/aromatic N) is 2. The van der Waals surface area contributed by atoms with Crippen LogP contribution in [0.15, 0.2) is 48.5 Å². The number of aromatic nitrogens is 2. The first-order valence-corrected chi connectivity index (χ1v) is 10.1. The van der Waals surface area contributed by atoms with Gasteiger partial charge in [-0.15, -0.1) is 0 Å². The SMILES string of the molecule is CC(=O)Nc1ccc(C(=O)COC(=O)c2c(C)nn(Cc3ccccc3Cl)c2Cl)cc1. The van der Waals surface area contributed by atoms with Crippen molar-refractivity contribution in [2.45, 2.75) is 20.4 Å². The van der Waals surface area contributed by atoms with E-state index in [2.05, 4.69) is 10.4 Å². The van der Waals surface area contributed by atoms with Crippen molar-refractivity contribution in [3.63, 3.8) is 0 Å². The minimum atomic E-state index is -0.740. The molecule has 0 aliphatic carbocycles. The Labute approximate surface area is 188 Å². The van der Waals surface area contributed by atoms with Gasteiger partial charge in [0.1, 0.15) is 10.7 Å². The van der Waals surface area contributed by atoms with Gasteiger partial charge in [0, 0.05) is 23.2 Å². The number of carbonyl (C=O) groups excluding carboxylic acids is 3. The summed E-state index contributed by atoms with van der Waals surface area (Å²) in [5.74, 6) is -1.34. The number of benzene rings is 2. The van der Waals surface area contributed by atoms with Crippen molar-refractivity contribution in [2.75, 3.05) is 11.9 Å². The molecule has 0 aliphatic heterocycles. The van der Waals surface area contributed by atoms with E-state index in [-0.39, 0.29) is 29.0 Å². The number of esters is 1. The predicted molar refractivity (Wildman–Crippen MR) is 118 cm³/mol. The van der Waals surface area contributed by atoms with Crippen LogP contribution in [0.3, 0.4) is 0 Å². The third-order valence-electron chi connectivity index (χ3n) is 4.41. The van der Waals surface area contributed by atoms with Gasteiger partial charge in [0.2, 0.25) is 5.91 Å². The molecule has 1 heterocycles. The van der Waals surface area contributed by atoms with Gasteiger partial charge in [-0.3, -0.25) is 9.59 Å². The van der Waals surface area contributed by atoms with Gasteiger partial charge >= 0.3 is 5.97 Å². The summed E-state index contributed by atoms with van der Waals surface area (Å²) in [6.45, 7) is 2.85. The van der Waals surface area contributed by atoms with Gasteiger partial charge < -0.3 is 10.1 Å². The molecule has 0 saturated heterocycles. The lowest BCUT2D eigenvalue weighted by Gasteiger charge is -2.07. The number of ether oxygens (including phenoxy) is 1. The molecule has 0 bridgehead atoms. The fourth-order valence-corrected chi connectivity index (χ4v) is 3.41. The summed E-state index contributed by atoms with van der Waals surface area (Å²) in [5.41, 5.74) is 2.19. The summed E-state index contributed by atoms with van der Waals surface area (Å²) in [6.07, 6.45) is 0. The first-order valence-electron chi connectivity index (χ1n) is 9.30. The molecule has 0 spiro atoms. The van der Waals surface area contributed by atoms with E-state index in [1.807, 2.05) is 18.2 Å². The van der Waals surface area contributed by atoms with Crippen molar-refractivity contribution in [2.24, 2.45) is 0 Å². The Kier molecular flexibility index (Phi) is 7.09. The van der Waals surface area contributed by atoms with Gasteiger partial charge in [-0.1, -0.05) is 41.4 Å². The molecule has 2 aromatic carbocycles.